The van der Waals surface area contributed by atoms with Crippen LogP contribution in [0.3, 0.4) is 0 Å². The number of nitrogens with zero attached hydrogens (tertiary/aromatic N) is 1. The minimum absolute atomic E-state index is 0.0485. The van der Waals surface area contributed by atoms with Crippen LogP contribution in [-0.2, 0) is 16.0 Å². The van der Waals surface area contributed by atoms with Gasteiger partial charge in [-0.2, -0.15) is 0 Å². The van der Waals surface area contributed by atoms with Crippen LogP contribution in [0, 0.1) is 6.92 Å². The highest BCUT2D eigenvalue weighted by Crippen LogP contribution is 2.27. The van der Waals surface area contributed by atoms with E-state index in [0.29, 0.717) is 19.5 Å². The molecule has 0 bridgehead atoms. The van der Waals surface area contributed by atoms with Gasteiger partial charge in [-0.3, -0.25) is 9.59 Å². The first-order chi connectivity index (χ1) is 11.5. The molecule has 0 unspecified atom stereocenters. The van der Waals surface area contributed by atoms with Crippen LogP contribution < -0.4 is 10.2 Å². The van der Waals surface area contributed by atoms with Gasteiger partial charge in [0.2, 0.25) is 11.8 Å². The number of halogens is 1. The van der Waals surface area contributed by atoms with E-state index < -0.39 is 0 Å². The minimum atomic E-state index is -0.0585. The maximum absolute atomic E-state index is 12.0. The zero-order valence-electron chi connectivity index (χ0n) is 13.9. The molecule has 2 aromatic rings. The number of benzene rings is 2. The second-order valence-electron chi connectivity index (χ2n) is 5.64. The van der Waals surface area contributed by atoms with Crippen molar-refractivity contribution in [1.29, 1.82) is 0 Å². The number of aryl methyl sites for hydroxylation is 1. The molecule has 4 nitrogen and oxygen atoms in total. The van der Waals surface area contributed by atoms with Crippen LogP contribution in [0.25, 0.3) is 0 Å². The van der Waals surface area contributed by atoms with Crippen molar-refractivity contribution in [3.8, 4) is 0 Å². The molecule has 0 aromatic heterocycles. The Morgan fingerprint density at radius 1 is 1.12 bits per heavy atom. The zero-order valence-corrected chi connectivity index (χ0v) is 15.5. The van der Waals surface area contributed by atoms with Crippen LogP contribution in [0.1, 0.15) is 18.1 Å². The molecule has 2 aromatic carbocycles. The van der Waals surface area contributed by atoms with Gasteiger partial charge in [0.15, 0.2) is 0 Å². The number of anilines is 1. The Labute approximate surface area is 151 Å². The van der Waals surface area contributed by atoms with Gasteiger partial charge in [-0.25, -0.2) is 0 Å². The number of hydrogen-bond acceptors (Lipinski definition) is 2. The summed E-state index contributed by atoms with van der Waals surface area (Å²) >= 11 is 3.50. The summed E-state index contributed by atoms with van der Waals surface area (Å²) in [6.45, 7) is 4.36. The quantitative estimate of drug-likeness (QED) is 0.823. The molecule has 0 aliphatic carbocycles. The lowest BCUT2D eigenvalue weighted by atomic mass is 10.1. The number of nitrogens with one attached hydrogen (secondary N) is 1. The van der Waals surface area contributed by atoms with Gasteiger partial charge in [-0.1, -0.05) is 36.4 Å². The van der Waals surface area contributed by atoms with Crippen molar-refractivity contribution >= 4 is 33.4 Å². The van der Waals surface area contributed by atoms with Gasteiger partial charge in [-0.05, 0) is 46.1 Å². The van der Waals surface area contributed by atoms with Crippen molar-refractivity contribution in [3.63, 3.8) is 0 Å². The lowest BCUT2D eigenvalue weighted by Crippen LogP contribution is -2.38. The predicted octanol–water partition coefficient (Wildman–Crippen LogP) is 3.47. The fraction of sp³-hybridized carbons (Fsp3) is 0.263. The second-order valence-corrected chi connectivity index (χ2v) is 6.49. The minimum Gasteiger partial charge on any atom is -0.354 e. The van der Waals surface area contributed by atoms with E-state index in [9.17, 15) is 9.59 Å². The molecule has 0 heterocycles. The normalized spacial score (nSPS) is 10.3. The molecule has 0 atom stereocenters. The molecule has 0 saturated heterocycles. The van der Waals surface area contributed by atoms with E-state index in [0.717, 1.165) is 21.3 Å². The molecule has 0 radical (unpaired) electrons. The van der Waals surface area contributed by atoms with Gasteiger partial charge in [0, 0.05) is 24.5 Å². The Kier molecular flexibility index (Phi) is 6.55. The Morgan fingerprint density at radius 3 is 2.46 bits per heavy atom. The molecule has 126 valence electrons. The Bertz CT molecular complexity index is 717. The zero-order chi connectivity index (χ0) is 17.5. The molecule has 24 heavy (non-hydrogen) atoms. The largest absolute Gasteiger partial charge is 0.354 e. The average molecular weight is 389 g/mol. The maximum Gasteiger partial charge on any atom is 0.224 e. The van der Waals surface area contributed by atoms with Crippen molar-refractivity contribution in [2.24, 2.45) is 0 Å². The van der Waals surface area contributed by atoms with Crippen LogP contribution in [0.2, 0.25) is 0 Å². The van der Waals surface area contributed by atoms with Crippen LogP contribution in [0.4, 0.5) is 5.69 Å². The first-order valence-corrected chi connectivity index (χ1v) is 8.61. The summed E-state index contributed by atoms with van der Waals surface area (Å²) < 4.78 is 0.869. The second kappa shape index (κ2) is 8.64. The first kappa shape index (κ1) is 18.2. The smallest absolute Gasteiger partial charge is 0.224 e. The van der Waals surface area contributed by atoms with Gasteiger partial charge < -0.3 is 10.2 Å². The van der Waals surface area contributed by atoms with Crippen LogP contribution in [0.15, 0.2) is 53.0 Å². The predicted molar refractivity (Wildman–Crippen MR) is 100 cm³/mol. The molecular weight excluding hydrogens is 368 g/mol. The molecule has 2 amide bonds. The molecule has 2 rings (SSSR count). The molecule has 0 saturated carbocycles. The summed E-state index contributed by atoms with van der Waals surface area (Å²) in [5.74, 6) is -0.107. The van der Waals surface area contributed by atoms with E-state index in [1.165, 1.54) is 6.92 Å². The molecule has 5 heteroatoms. The van der Waals surface area contributed by atoms with E-state index in [1.54, 1.807) is 4.90 Å². The highest BCUT2D eigenvalue weighted by atomic mass is 79.9. The van der Waals surface area contributed by atoms with E-state index >= 15 is 0 Å². The van der Waals surface area contributed by atoms with E-state index in [1.807, 2.05) is 55.5 Å². The van der Waals surface area contributed by atoms with Crippen molar-refractivity contribution < 1.29 is 9.59 Å². The fourth-order valence-corrected chi connectivity index (χ4v) is 3.14. The van der Waals surface area contributed by atoms with Gasteiger partial charge >= 0.3 is 0 Å². The monoisotopic (exact) mass is 388 g/mol. The summed E-state index contributed by atoms with van der Waals surface area (Å²) in [7, 11) is 0. The Balaban J connectivity index is 1.92. The average Bonchev–Trinajstić information content (AvgIpc) is 2.53. The number of rotatable bonds is 6. The molecule has 1 N–H and O–H groups in total. The summed E-state index contributed by atoms with van der Waals surface area (Å²) in [5.41, 5.74) is 2.90. The highest BCUT2D eigenvalue weighted by molar-refractivity contribution is 9.10. The van der Waals surface area contributed by atoms with Gasteiger partial charge in [0.25, 0.3) is 0 Å². The number of amides is 2. The fourth-order valence-electron chi connectivity index (χ4n) is 2.43. The topological polar surface area (TPSA) is 49.4 Å². The Morgan fingerprint density at radius 2 is 1.83 bits per heavy atom. The number of carbonyl (C=O) groups excluding carboxylic acids is 2. The van der Waals surface area contributed by atoms with Crippen molar-refractivity contribution in [2.75, 3.05) is 18.0 Å². The molecule has 0 spiro atoms. The van der Waals surface area contributed by atoms with Crippen molar-refractivity contribution in [2.45, 2.75) is 20.3 Å². The standard InChI is InChI=1S/C19H21BrN2O2/c1-14-8-9-18(17(20)12-14)22(15(2)23)11-10-21-19(24)13-16-6-4-3-5-7-16/h3-9,12H,10-11,13H2,1-2H3,(H,21,24). The number of carbonyl (C=O) groups is 2. The van der Waals surface area contributed by atoms with Crippen LogP contribution >= 0.6 is 15.9 Å². The molecular formula is C19H21BrN2O2. The molecule has 0 aliphatic rings. The third-order valence-electron chi connectivity index (χ3n) is 3.64. The summed E-state index contributed by atoms with van der Waals surface area (Å²) in [5, 5.41) is 2.87. The van der Waals surface area contributed by atoms with Crippen LogP contribution in [-0.4, -0.2) is 24.9 Å². The van der Waals surface area contributed by atoms with E-state index in [-0.39, 0.29) is 11.8 Å². The third kappa shape index (κ3) is 5.20. The van der Waals surface area contributed by atoms with Gasteiger partial charge in [0.1, 0.15) is 0 Å². The number of hydrogen-bond donors (Lipinski definition) is 1. The lowest BCUT2D eigenvalue weighted by Gasteiger charge is -2.23. The van der Waals surface area contributed by atoms with Crippen molar-refractivity contribution in [3.05, 3.63) is 64.1 Å². The van der Waals surface area contributed by atoms with Gasteiger partial charge in [0.05, 0.1) is 12.1 Å². The maximum atomic E-state index is 12.0. The van der Waals surface area contributed by atoms with E-state index in [4.69, 9.17) is 0 Å². The molecule has 0 aliphatic heterocycles. The summed E-state index contributed by atoms with van der Waals surface area (Å²) in [4.78, 5) is 25.6. The summed E-state index contributed by atoms with van der Waals surface area (Å²) in [6.07, 6.45) is 0.342. The Hall–Kier alpha value is -2.14. The first-order valence-electron chi connectivity index (χ1n) is 7.82. The van der Waals surface area contributed by atoms with Crippen LogP contribution in [0.5, 0.6) is 0 Å². The third-order valence-corrected chi connectivity index (χ3v) is 4.27. The van der Waals surface area contributed by atoms with E-state index in [2.05, 4.69) is 21.2 Å². The SMILES string of the molecule is CC(=O)N(CCNC(=O)Cc1ccccc1)c1ccc(C)cc1Br. The van der Waals surface area contributed by atoms with Crippen molar-refractivity contribution in [1.82, 2.24) is 5.32 Å². The summed E-state index contributed by atoms with van der Waals surface area (Å²) in [6, 6.07) is 15.4. The lowest BCUT2D eigenvalue weighted by molar-refractivity contribution is -0.121. The van der Waals surface area contributed by atoms with Gasteiger partial charge in [-0.15, -0.1) is 0 Å². The molecule has 0 fully saturated rings. The highest BCUT2D eigenvalue weighted by Gasteiger charge is 2.14.